The van der Waals surface area contributed by atoms with Gasteiger partial charge in [-0.1, -0.05) is 48.0 Å². The Morgan fingerprint density at radius 1 is 0.960 bits per heavy atom. The molecular weight excluding hydrogens is 336 g/mol. The molecule has 2 N–H and O–H groups in total. The number of amides is 1. The summed E-state index contributed by atoms with van der Waals surface area (Å²) in [7, 11) is 0. The highest BCUT2D eigenvalue weighted by Crippen LogP contribution is 2.19. The standard InChI is InChI=1S/C19H17ClN4O/c20-18-16(9-5-10-21-18)24-17(25)12-15-8-4-11-22-19(15)23-13-14-6-2-1-3-7-14/h1-11H,12-13H2,(H,22,23)(H,24,25). The molecule has 0 bridgehead atoms. The number of pyridine rings is 2. The van der Waals surface area contributed by atoms with Crippen molar-refractivity contribution in [3.63, 3.8) is 0 Å². The van der Waals surface area contributed by atoms with E-state index in [1.54, 1.807) is 24.5 Å². The zero-order valence-corrected chi connectivity index (χ0v) is 14.2. The molecule has 0 radical (unpaired) electrons. The first-order chi connectivity index (χ1) is 12.2. The zero-order valence-electron chi connectivity index (χ0n) is 13.4. The summed E-state index contributed by atoms with van der Waals surface area (Å²) in [6.07, 6.45) is 3.47. The van der Waals surface area contributed by atoms with Gasteiger partial charge in [0.05, 0.1) is 12.1 Å². The molecule has 3 rings (SSSR count). The molecule has 0 aliphatic carbocycles. The minimum Gasteiger partial charge on any atom is -0.366 e. The molecule has 0 saturated carbocycles. The summed E-state index contributed by atoms with van der Waals surface area (Å²) in [4.78, 5) is 20.6. The molecule has 0 fully saturated rings. The highest BCUT2D eigenvalue weighted by molar-refractivity contribution is 6.32. The van der Waals surface area contributed by atoms with Gasteiger partial charge >= 0.3 is 0 Å². The predicted molar refractivity (Wildman–Crippen MR) is 99.6 cm³/mol. The fourth-order valence-corrected chi connectivity index (χ4v) is 2.54. The number of carbonyl (C=O) groups is 1. The van der Waals surface area contributed by atoms with E-state index in [2.05, 4.69) is 20.6 Å². The number of carbonyl (C=O) groups excluding carboxylic acids is 1. The van der Waals surface area contributed by atoms with Gasteiger partial charge in [-0.2, -0.15) is 0 Å². The van der Waals surface area contributed by atoms with Crippen molar-refractivity contribution >= 4 is 29.0 Å². The Bertz CT molecular complexity index is 855. The number of nitrogens with one attached hydrogen (secondary N) is 2. The van der Waals surface area contributed by atoms with Gasteiger partial charge in [-0.3, -0.25) is 4.79 Å². The summed E-state index contributed by atoms with van der Waals surface area (Å²) in [6.45, 7) is 0.640. The number of hydrogen-bond donors (Lipinski definition) is 2. The molecule has 2 aromatic heterocycles. The van der Waals surface area contributed by atoms with E-state index in [0.29, 0.717) is 18.1 Å². The molecule has 0 spiro atoms. The lowest BCUT2D eigenvalue weighted by Crippen LogP contribution is -2.16. The summed E-state index contributed by atoms with van der Waals surface area (Å²) in [6, 6.07) is 17.1. The third kappa shape index (κ3) is 4.78. The van der Waals surface area contributed by atoms with Crippen molar-refractivity contribution in [1.82, 2.24) is 9.97 Å². The summed E-state index contributed by atoms with van der Waals surface area (Å²) in [5.41, 5.74) is 2.46. The molecule has 6 heteroatoms. The van der Waals surface area contributed by atoms with Crippen LogP contribution in [0.3, 0.4) is 0 Å². The number of halogens is 1. The molecule has 2 heterocycles. The van der Waals surface area contributed by atoms with E-state index >= 15 is 0 Å². The number of aromatic nitrogens is 2. The van der Waals surface area contributed by atoms with E-state index in [0.717, 1.165) is 11.1 Å². The third-order valence-corrected chi connectivity index (χ3v) is 3.88. The molecule has 1 aromatic carbocycles. The lowest BCUT2D eigenvalue weighted by molar-refractivity contribution is -0.115. The Labute approximate surface area is 151 Å². The SMILES string of the molecule is O=C(Cc1cccnc1NCc1ccccc1)Nc1cccnc1Cl. The summed E-state index contributed by atoms with van der Waals surface area (Å²) in [5.74, 6) is 0.518. The lowest BCUT2D eigenvalue weighted by Gasteiger charge is -2.11. The molecule has 25 heavy (non-hydrogen) atoms. The van der Waals surface area contributed by atoms with Crippen molar-refractivity contribution in [3.05, 3.63) is 83.3 Å². The van der Waals surface area contributed by atoms with E-state index in [-0.39, 0.29) is 17.5 Å². The molecule has 5 nitrogen and oxygen atoms in total. The predicted octanol–water partition coefficient (Wildman–Crippen LogP) is 3.92. The van der Waals surface area contributed by atoms with Crippen LogP contribution in [0, 0.1) is 0 Å². The molecule has 0 aliphatic rings. The molecule has 0 atom stereocenters. The first kappa shape index (κ1) is 16.9. The lowest BCUT2D eigenvalue weighted by atomic mass is 10.1. The molecule has 126 valence electrons. The highest BCUT2D eigenvalue weighted by Gasteiger charge is 2.11. The van der Waals surface area contributed by atoms with Crippen molar-refractivity contribution in [2.45, 2.75) is 13.0 Å². The number of rotatable bonds is 6. The minimum atomic E-state index is -0.175. The Hall–Kier alpha value is -2.92. The van der Waals surface area contributed by atoms with E-state index in [4.69, 9.17) is 11.6 Å². The van der Waals surface area contributed by atoms with Gasteiger partial charge in [-0.05, 0) is 23.8 Å². The normalized spacial score (nSPS) is 10.3. The smallest absolute Gasteiger partial charge is 0.229 e. The van der Waals surface area contributed by atoms with Crippen molar-refractivity contribution in [2.24, 2.45) is 0 Å². The van der Waals surface area contributed by atoms with Crippen molar-refractivity contribution in [1.29, 1.82) is 0 Å². The number of nitrogens with zero attached hydrogens (tertiary/aromatic N) is 2. The Morgan fingerprint density at radius 3 is 2.52 bits per heavy atom. The van der Waals surface area contributed by atoms with Gasteiger partial charge in [0.25, 0.3) is 0 Å². The summed E-state index contributed by atoms with van der Waals surface area (Å²) in [5, 5.41) is 6.32. The monoisotopic (exact) mass is 352 g/mol. The molecule has 1 amide bonds. The van der Waals surface area contributed by atoms with Crippen molar-refractivity contribution < 1.29 is 4.79 Å². The Kier molecular flexibility index (Phi) is 5.59. The number of anilines is 2. The maximum Gasteiger partial charge on any atom is 0.229 e. The van der Waals surface area contributed by atoms with Crippen LogP contribution in [0.5, 0.6) is 0 Å². The van der Waals surface area contributed by atoms with Crippen LogP contribution >= 0.6 is 11.6 Å². The number of hydrogen-bond acceptors (Lipinski definition) is 4. The second-order valence-electron chi connectivity index (χ2n) is 5.42. The fourth-order valence-electron chi connectivity index (χ4n) is 2.37. The van der Waals surface area contributed by atoms with Crippen LogP contribution in [-0.2, 0) is 17.8 Å². The molecular formula is C19H17ClN4O. The van der Waals surface area contributed by atoms with Crippen LogP contribution in [0.2, 0.25) is 5.15 Å². The average molecular weight is 353 g/mol. The Balaban J connectivity index is 1.66. The highest BCUT2D eigenvalue weighted by atomic mass is 35.5. The molecule has 0 aliphatic heterocycles. The molecule has 0 unspecified atom stereocenters. The first-order valence-corrected chi connectivity index (χ1v) is 8.22. The van der Waals surface area contributed by atoms with Gasteiger partial charge in [0.2, 0.25) is 5.91 Å². The van der Waals surface area contributed by atoms with Crippen LogP contribution < -0.4 is 10.6 Å². The van der Waals surface area contributed by atoms with Gasteiger partial charge in [0.1, 0.15) is 5.82 Å². The van der Waals surface area contributed by atoms with Gasteiger partial charge in [0.15, 0.2) is 5.15 Å². The van der Waals surface area contributed by atoms with Gasteiger partial charge in [0, 0.05) is 24.5 Å². The van der Waals surface area contributed by atoms with Crippen molar-refractivity contribution in [3.8, 4) is 0 Å². The van der Waals surface area contributed by atoms with Gasteiger partial charge in [-0.15, -0.1) is 0 Å². The second kappa shape index (κ2) is 8.26. The van der Waals surface area contributed by atoms with Gasteiger partial charge in [-0.25, -0.2) is 9.97 Å². The van der Waals surface area contributed by atoms with Crippen LogP contribution in [-0.4, -0.2) is 15.9 Å². The van der Waals surface area contributed by atoms with Crippen LogP contribution in [0.15, 0.2) is 67.0 Å². The van der Waals surface area contributed by atoms with Crippen LogP contribution in [0.4, 0.5) is 11.5 Å². The largest absolute Gasteiger partial charge is 0.366 e. The first-order valence-electron chi connectivity index (χ1n) is 7.84. The van der Waals surface area contributed by atoms with Crippen molar-refractivity contribution in [2.75, 3.05) is 10.6 Å². The molecule has 3 aromatic rings. The van der Waals surface area contributed by atoms with E-state index in [1.165, 1.54) is 0 Å². The maximum absolute atomic E-state index is 12.3. The summed E-state index contributed by atoms with van der Waals surface area (Å²) >= 11 is 5.97. The number of benzene rings is 1. The second-order valence-corrected chi connectivity index (χ2v) is 5.78. The minimum absolute atomic E-state index is 0.175. The Morgan fingerprint density at radius 2 is 1.72 bits per heavy atom. The maximum atomic E-state index is 12.3. The van der Waals surface area contributed by atoms with Gasteiger partial charge < -0.3 is 10.6 Å². The van der Waals surface area contributed by atoms with Crippen LogP contribution in [0.1, 0.15) is 11.1 Å². The quantitative estimate of drug-likeness (QED) is 0.660. The third-order valence-electron chi connectivity index (χ3n) is 3.58. The van der Waals surface area contributed by atoms with E-state index < -0.39 is 0 Å². The van der Waals surface area contributed by atoms with Crippen LogP contribution in [0.25, 0.3) is 0 Å². The van der Waals surface area contributed by atoms with E-state index in [1.807, 2.05) is 42.5 Å². The average Bonchev–Trinajstić information content (AvgIpc) is 2.64. The topological polar surface area (TPSA) is 66.9 Å². The van der Waals surface area contributed by atoms with E-state index in [9.17, 15) is 4.79 Å². The fraction of sp³-hybridized carbons (Fsp3) is 0.105. The summed E-state index contributed by atoms with van der Waals surface area (Å²) < 4.78 is 0. The zero-order chi connectivity index (χ0) is 17.5. The molecule has 0 saturated heterocycles.